The number of fused-ring (bicyclic) bond motifs is 2. The predicted octanol–water partition coefficient (Wildman–Crippen LogP) is 30.2. The molecule has 12 heteroatoms. The lowest BCUT2D eigenvalue weighted by Gasteiger charge is -2.35. The Morgan fingerprint density at radius 1 is 0.555 bits per heavy atom. The first-order chi connectivity index (χ1) is 52.5. The van der Waals surface area contributed by atoms with Crippen molar-refractivity contribution in [1.29, 1.82) is 0 Å². The lowest BCUT2D eigenvalue weighted by molar-refractivity contribution is 0.221. The molecular formula is C98H154BrIN2O5Si3. The second-order valence-corrected chi connectivity index (χ2v) is 49.0. The van der Waals surface area contributed by atoms with Gasteiger partial charge in [0.1, 0.15) is 0 Å². The molecule has 0 amide bonds. The SMILES string of the molecule is C/C=C(\CCC)c1cccc2ccccc12.C/C=C(\CCO)C1=CCC(C(C)(C)C)CC1.C/C=C(\CCO)c1cccnc1.C/C=C1\CCO[Si]1(C(C)C)C(C)C.C/C=C1\CCO[Si]1(C(C)C)C(C)C.C/C=C1\CCO[Si]1(C(C)C)C(C)C.C=CCN/C=C/I.CC(C)C1CC=C(Br)CC1.c1ccc2ccccc2c1. The Morgan fingerprint density at radius 2 is 1.00 bits per heavy atom. The molecule has 3 saturated heterocycles. The highest BCUT2D eigenvalue weighted by atomic mass is 127. The Hall–Kier alpha value is -4.59. The first-order valence-electron chi connectivity index (χ1n) is 42.0. The highest BCUT2D eigenvalue weighted by Crippen LogP contribution is 2.47. The lowest BCUT2D eigenvalue weighted by Crippen LogP contribution is -2.42. The van der Waals surface area contributed by atoms with Crippen LogP contribution >= 0.6 is 38.5 Å². The first-order valence-corrected chi connectivity index (χ1v) is 50.2. The molecule has 1 aromatic heterocycles. The van der Waals surface area contributed by atoms with E-state index in [1.54, 1.807) is 21.8 Å². The van der Waals surface area contributed by atoms with Crippen molar-refractivity contribution >= 4 is 96.2 Å². The maximum Gasteiger partial charge on any atom is 0.225 e. The van der Waals surface area contributed by atoms with Crippen LogP contribution in [0.4, 0.5) is 0 Å². The summed E-state index contributed by atoms with van der Waals surface area (Å²) in [6.07, 6.45) is 40.3. The van der Waals surface area contributed by atoms with E-state index in [9.17, 15) is 0 Å². The van der Waals surface area contributed by atoms with E-state index in [2.05, 4.69) is 348 Å². The van der Waals surface area contributed by atoms with E-state index in [-0.39, 0.29) is 13.2 Å². The molecule has 3 fully saturated rings. The summed E-state index contributed by atoms with van der Waals surface area (Å²) < 4.78 is 21.7. The minimum atomic E-state index is -1.56. The van der Waals surface area contributed by atoms with E-state index >= 15 is 0 Å². The number of halogens is 2. The van der Waals surface area contributed by atoms with Gasteiger partial charge in [0.05, 0.1) is 0 Å². The number of pyridine rings is 1. The molecule has 2 atom stereocenters. The minimum absolute atomic E-state index is 0.189. The summed E-state index contributed by atoms with van der Waals surface area (Å²) in [5, 5.41) is 31.0. The second-order valence-electron chi connectivity index (χ2n) is 32.8. The number of allylic oxidation sites excluding steroid dienone is 11. The van der Waals surface area contributed by atoms with Gasteiger partial charge in [-0.25, -0.2) is 0 Å². The first kappa shape index (κ1) is 101. The van der Waals surface area contributed by atoms with Crippen molar-refractivity contribution in [2.75, 3.05) is 39.6 Å². The third-order valence-electron chi connectivity index (χ3n) is 22.8. The van der Waals surface area contributed by atoms with Crippen molar-refractivity contribution in [3.8, 4) is 0 Å². The summed E-state index contributed by atoms with van der Waals surface area (Å²) in [7, 11) is -4.67. The van der Waals surface area contributed by atoms with E-state index in [1.807, 2.05) is 47.7 Å². The fourth-order valence-electron chi connectivity index (χ4n) is 16.8. The second kappa shape index (κ2) is 55.1. The molecule has 4 heterocycles. The number of rotatable bonds is 19. The maximum atomic E-state index is 9.01. The standard InChI is InChI=1S/C16H18.C15H26O.3C11H22OSi.C10H13NO.C10H8.C9H15Br.C5H8IN/c1-3-8-13(4-2)15-12-7-10-14-9-5-6-11-16(14)15;1-5-12(10-11-16)13-6-8-14(9-7-13)15(2,3)4;3*1-6-11-7-8-12-13(11,9(2)3)10(4)5;1-2-9(5-7-12)10-4-3-6-11-8-10;1-2-6-10-8-4-3-7-9(10)5-1;1-7(2)8-3-5-9(10)6-4-8;1-2-4-7-5-3-6/h4-7,9-12H,3,8H2,1-2H3;5-6,14,16H,7-11H2,1-4H3;3*6,9-10H,7-8H2,1-5H3;2-4,6,8,12H,5,7H2,1H3;1-8H;5,7-8H,3-4,6H2,1-2H3;2-3,5,7H,1,4H2/b13-4+;12-5+;3*11-6+;9-2+;;;5-3+. The van der Waals surface area contributed by atoms with Gasteiger partial charge in [-0.3, -0.25) is 4.98 Å². The Morgan fingerprint density at radius 3 is 1.34 bits per heavy atom. The molecule has 5 aromatic rings. The van der Waals surface area contributed by atoms with Crippen molar-refractivity contribution in [3.63, 3.8) is 0 Å². The monoisotopic (exact) mass is 1730 g/mol. The molecule has 4 aromatic carbocycles. The fourth-order valence-corrected chi connectivity index (χ4v) is 32.6. The summed E-state index contributed by atoms with van der Waals surface area (Å²) >= 11 is 5.68. The fraction of sp³-hybridized carbons (Fsp3) is 0.541. The van der Waals surface area contributed by atoms with Crippen molar-refractivity contribution < 1.29 is 23.5 Å². The molecule has 0 saturated carbocycles. The number of aliphatic hydroxyl groups is 2. The predicted molar refractivity (Wildman–Crippen MR) is 508 cm³/mol. The Bertz CT molecular complexity index is 3480. The van der Waals surface area contributed by atoms with E-state index in [1.165, 1.54) is 113 Å². The zero-order chi connectivity index (χ0) is 82.5. The maximum absolute atomic E-state index is 9.01. The molecule has 0 radical (unpaired) electrons. The smallest absolute Gasteiger partial charge is 0.225 e. The molecule has 3 N–H and O–H groups in total. The molecule has 2 aliphatic carbocycles. The van der Waals surface area contributed by atoms with Crippen molar-refractivity contribution in [1.82, 2.24) is 10.3 Å². The quantitative estimate of drug-likeness (QED) is 0.0328. The van der Waals surface area contributed by atoms with E-state index in [0.29, 0.717) is 45.1 Å². The molecule has 2 unspecified atom stereocenters. The van der Waals surface area contributed by atoms with E-state index < -0.39 is 25.0 Å². The van der Waals surface area contributed by atoms with Crippen LogP contribution in [0.1, 0.15) is 261 Å². The van der Waals surface area contributed by atoms with Crippen molar-refractivity contribution in [3.05, 3.63) is 229 Å². The topological polar surface area (TPSA) is 93.1 Å². The zero-order valence-electron chi connectivity index (χ0n) is 73.5. The molecule has 612 valence electrons. The van der Waals surface area contributed by atoms with Gasteiger partial charge in [0.15, 0.2) is 0 Å². The molecule has 3 aliphatic heterocycles. The Labute approximate surface area is 699 Å². The molecule has 0 bridgehead atoms. The van der Waals surface area contributed by atoms with E-state index in [0.717, 1.165) is 68.1 Å². The molecule has 110 heavy (non-hydrogen) atoms. The summed E-state index contributed by atoms with van der Waals surface area (Å²) in [6.45, 7) is 62.1. The third kappa shape index (κ3) is 31.9. The Balaban J connectivity index is 0.000000423. The highest BCUT2D eigenvalue weighted by molar-refractivity contribution is 14.1. The van der Waals surface area contributed by atoms with Gasteiger partial charge < -0.3 is 28.8 Å². The number of nitrogens with one attached hydrogen (secondary N) is 1. The van der Waals surface area contributed by atoms with Crippen molar-refractivity contribution in [2.45, 2.75) is 283 Å². The number of nitrogens with zero attached hydrogens (tertiary/aromatic N) is 1. The van der Waals surface area contributed by atoms with Gasteiger partial charge in [0.25, 0.3) is 0 Å². The average molecular weight is 1730 g/mol. The van der Waals surface area contributed by atoms with Crippen LogP contribution in [0.25, 0.3) is 32.7 Å². The summed E-state index contributed by atoms with van der Waals surface area (Å²) in [6, 6.07) is 35.8. The van der Waals surface area contributed by atoms with Gasteiger partial charge in [-0.2, -0.15) is 0 Å². The van der Waals surface area contributed by atoms with Crippen LogP contribution in [0.15, 0.2) is 218 Å². The molecular weight excluding hydrogens is 1580 g/mol. The Kier molecular flexibility index (Phi) is 50.8. The largest absolute Gasteiger partial charge is 0.412 e. The molecule has 5 aliphatic rings. The van der Waals surface area contributed by atoms with Gasteiger partial charge in [-0.05, 0) is 245 Å². The number of aromatic nitrogens is 1. The van der Waals surface area contributed by atoms with Crippen LogP contribution in [-0.4, -0.2) is 79.7 Å². The zero-order valence-corrected chi connectivity index (χ0v) is 80.2. The van der Waals surface area contributed by atoms with Gasteiger partial charge in [0, 0.05) is 58.2 Å². The normalized spacial score (nSPS) is 19.2. The van der Waals surface area contributed by atoms with Crippen LogP contribution in [0.3, 0.4) is 0 Å². The van der Waals surface area contributed by atoms with Crippen LogP contribution in [0.5, 0.6) is 0 Å². The summed E-state index contributed by atoms with van der Waals surface area (Å²) in [5.74, 6) is 2.60. The van der Waals surface area contributed by atoms with Gasteiger partial charge in [0.2, 0.25) is 25.0 Å². The average Bonchev–Trinajstić information content (AvgIpc) is 1.63. The van der Waals surface area contributed by atoms with Gasteiger partial charge in [-0.1, -0.05) is 337 Å². The number of hydrogen-bond acceptors (Lipinski definition) is 7. The number of benzene rings is 4. The van der Waals surface area contributed by atoms with Crippen LogP contribution in [0.2, 0.25) is 33.2 Å². The lowest BCUT2D eigenvalue weighted by atomic mass is 9.72. The van der Waals surface area contributed by atoms with Crippen molar-refractivity contribution in [2.24, 2.45) is 23.2 Å². The van der Waals surface area contributed by atoms with Crippen LogP contribution in [-0.2, 0) is 13.3 Å². The highest BCUT2D eigenvalue weighted by Gasteiger charge is 2.50. The third-order valence-corrected chi connectivity index (χ3v) is 40.9. The molecule has 0 spiro atoms. The van der Waals surface area contributed by atoms with Crippen LogP contribution < -0.4 is 5.32 Å². The molecule has 10 rings (SSSR count). The number of aliphatic hydroxyl groups excluding tert-OH is 2. The van der Waals surface area contributed by atoms with E-state index in [4.69, 9.17) is 23.5 Å². The molecule has 7 nitrogen and oxygen atoms in total. The van der Waals surface area contributed by atoms with Gasteiger partial charge in [-0.15, -0.1) is 6.58 Å². The van der Waals surface area contributed by atoms with Crippen LogP contribution in [0, 0.1) is 23.2 Å². The summed E-state index contributed by atoms with van der Waals surface area (Å²) in [5.41, 5.74) is 12.6. The van der Waals surface area contributed by atoms with Gasteiger partial charge >= 0.3 is 0 Å². The summed E-state index contributed by atoms with van der Waals surface area (Å²) in [4.78, 5) is 4.01. The minimum Gasteiger partial charge on any atom is -0.412 e. The number of hydrogen-bond donors (Lipinski definition) is 3.